The van der Waals surface area contributed by atoms with Gasteiger partial charge in [-0.05, 0) is 49.4 Å². The molecule has 1 aliphatic rings. The van der Waals surface area contributed by atoms with Crippen molar-refractivity contribution in [2.24, 2.45) is 0 Å². The van der Waals surface area contributed by atoms with Gasteiger partial charge in [0.15, 0.2) is 0 Å². The third-order valence-corrected chi connectivity index (χ3v) is 8.21. The summed E-state index contributed by atoms with van der Waals surface area (Å²) in [4.78, 5) is 36.7. The van der Waals surface area contributed by atoms with Crippen LogP contribution in [0.3, 0.4) is 0 Å². The number of amides is 2. The van der Waals surface area contributed by atoms with Crippen molar-refractivity contribution in [3.05, 3.63) is 82.6 Å². The second kappa shape index (κ2) is 10.2. The van der Waals surface area contributed by atoms with Crippen LogP contribution in [0.2, 0.25) is 0 Å². The van der Waals surface area contributed by atoms with Crippen LogP contribution >= 0.6 is 22.7 Å². The van der Waals surface area contributed by atoms with Crippen molar-refractivity contribution >= 4 is 55.5 Å². The summed E-state index contributed by atoms with van der Waals surface area (Å²) >= 11 is 2.56. The van der Waals surface area contributed by atoms with Crippen LogP contribution in [0.25, 0.3) is 20.8 Å². The standard InChI is InChI=1S/C27H22N6O2S2/c34-23(20-13-7-8-14-28-20)30-21-18-15-17-11-5-2-6-12-19(17)29-26(18)36-22(21)24(35)31-27-33-32-25(37-27)16-9-3-1-4-10-16/h1,3-4,7-10,13-15H,2,5-6,11-12H2,(H,30,34)(H,31,33,35). The number of fused-ring (bicyclic) bond motifs is 2. The van der Waals surface area contributed by atoms with Crippen molar-refractivity contribution < 1.29 is 9.59 Å². The first-order chi connectivity index (χ1) is 18.2. The van der Waals surface area contributed by atoms with E-state index in [-0.39, 0.29) is 17.5 Å². The maximum Gasteiger partial charge on any atom is 0.274 e. The number of nitrogens with zero attached hydrogens (tertiary/aromatic N) is 4. The van der Waals surface area contributed by atoms with Gasteiger partial charge in [-0.15, -0.1) is 21.5 Å². The van der Waals surface area contributed by atoms with E-state index in [0.717, 1.165) is 47.2 Å². The molecule has 0 spiro atoms. The van der Waals surface area contributed by atoms with E-state index in [1.165, 1.54) is 34.7 Å². The molecule has 0 unspecified atom stereocenters. The minimum atomic E-state index is -0.383. The van der Waals surface area contributed by atoms with Gasteiger partial charge in [-0.3, -0.25) is 19.9 Å². The number of hydrogen-bond acceptors (Lipinski definition) is 8. The van der Waals surface area contributed by atoms with Gasteiger partial charge < -0.3 is 5.32 Å². The zero-order valence-electron chi connectivity index (χ0n) is 19.7. The van der Waals surface area contributed by atoms with Crippen molar-refractivity contribution in [1.29, 1.82) is 0 Å². The molecule has 4 heterocycles. The third kappa shape index (κ3) is 4.85. The number of nitrogens with one attached hydrogen (secondary N) is 2. The van der Waals surface area contributed by atoms with E-state index in [4.69, 9.17) is 4.98 Å². The second-order valence-electron chi connectivity index (χ2n) is 8.72. The van der Waals surface area contributed by atoms with Gasteiger partial charge in [0.05, 0.1) is 5.69 Å². The molecule has 0 bridgehead atoms. The second-order valence-corrected chi connectivity index (χ2v) is 10.7. The number of aryl methyl sites for hydroxylation is 2. The first-order valence-corrected chi connectivity index (χ1v) is 13.7. The molecule has 1 aliphatic carbocycles. The molecule has 10 heteroatoms. The lowest BCUT2D eigenvalue weighted by Crippen LogP contribution is -2.17. The first-order valence-electron chi connectivity index (χ1n) is 12.0. The van der Waals surface area contributed by atoms with Gasteiger partial charge in [0.25, 0.3) is 11.8 Å². The normalized spacial score (nSPS) is 13.1. The number of aromatic nitrogens is 4. The summed E-state index contributed by atoms with van der Waals surface area (Å²) in [5.74, 6) is -0.753. The Hall–Kier alpha value is -4.02. The highest BCUT2D eigenvalue weighted by atomic mass is 32.1. The Bertz CT molecular complexity index is 1600. The largest absolute Gasteiger partial charge is 0.319 e. The molecular formula is C27H22N6O2S2. The lowest BCUT2D eigenvalue weighted by Gasteiger charge is -2.08. The van der Waals surface area contributed by atoms with E-state index in [0.29, 0.717) is 20.7 Å². The van der Waals surface area contributed by atoms with E-state index >= 15 is 0 Å². The fourth-order valence-corrected chi connectivity index (χ4v) is 6.17. The number of anilines is 2. The van der Waals surface area contributed by atoms with Crippen LogP contribution in [0.1, 0.15) is 50.7 Å². The molecule has 2 N–H and O–H groups in total. The van der Waals surface area contributed by atoms with Crippen LogP contribution in [0, 0.1) is 0 Å². The molecule has 4 aromatic heterocycles. The van der Waals surface area contributed by atoms with Crippen LogP contribution in [0.4, 0.5) is 10.8 Å². The summed E-state index contributed by atoms with van der Waals surface area (Å²) in [6.45, 7) is 0. The zero-order chi connectivity index (χ0) is 25.2. The maximum absolute atomic E-state index is 13.5. The predicted octanol–water partition coefficient (Wildman–Crippen LogP) is 5.98. The monoisotopic (exact) mass is 526 g/mol. The summed E-state index contributed by atoms with van der Waals surface area (Å²) in [6, 6.07) is 16.9. The molecule has 6 rings (SSSR count). The molecule has 0 aliphatic heterocycles. The molecular weight excluding hydrogens is 504 g/mol. The number of benzene rings is 1. The Morgan fingerprint density at radius 2 is 1.68 bits per heavy atom. The molecule has 0 saturated heterocycles. The zero-order valence-corrected chi connectivity index (χ0v) is 21.4. The molecule has 184 valence electrons. The van der Waals surface area contributed by atoms with Gasteiger partial charge in [-0.2, -0.15) is 0 Å². The number of thiophene rings is 1. The summed E-state index contributed by atoms with van der Waals surface area (Å²) in [5.41, 5.74) is 3.90. The van der Waals surface area contributed by atoms with Crippen LogP contribution in [0.15, 0.2) is 60.8 Å². The van der Waals surface area contributed by atoms with E-state index in [2.05, 4.69) is 31.9 Å². The first kappa shape index (κ1) is 23.4. The summed E-state index contributed by atoms with van der Waals surface area (Å²) in [6.07, 6.45) is 6.81. The molecule has 37 heavy (non-hydrogen) atoms. The van der Waals surface area contributed by atoms with Crippen molar-refractivity contribution in [3.63, 3.8) is 0 Å². The lowest BCUT2D eigenvalue weighted by molar-refractivity contribution is 0.102. The fraction of sp³-hybridized carbons (Fsp3) is 0.185. The number of hydrogen-bond donors (Lipinski definition) is 2. The smallest absolute Gasteiger partial charge is 0.274 e. The third-order valence-electron chi connectivity index (χ3n) is 6.22. The molecule has 8 nitrogen and oxygen atoms in total. The highest BCUT2D eigenvalue weighted by Gasteiger charge is 2.25. The van der Waals surface area contributed by atoms with Crippen LogP contribution in [-0.4, -0.2) is 32.0 Å². The quantitative estimate of drug-likeness (QED) is 0.273. The van der Waals surface area contributed by atoms with Gasteiger partial charge in [0, 0.05) is 22.8 Å². The van der Waals surface area contributed by atoms with Crippen LogP contribution in [0.5, 0.6) is 0 Å². The summed E-state index contributed by atoms with van der Waals surface area (Å²) < 4.78 is 0. The molecule has 5 aromatic rings. The predicted molar refractivity (Wildman–Crippen MR) is 146 cm³/mol. The Morgan fingerprint density at radius 3 is 2.51 bits per heavy atom. The maximum atomic E-state index is 13.5. The Morgan fingerprint density at radius 1 is 0.838 bits per heavy atom. The average molecular weight is 527 g/mol. The van der Waals surface area contributed by atoms with Crippen molar-refractivity contribution in [2.75, 3.05) is 10.6 Å². The Labute approximate surface area is 220 Å². The van der Waals surface area contributed by atoms with Crippen LogP contribution in [-0.2, 0) is 12.8 Å². The number of rotatable bonds is 5. The van der Waals surface area contributed by atoms with E-state index in [1.807, 2.05) is 30.3 Å². The minimum Gasteiger partial charge on any atom is -0.319 e. The van der Waals surface area contributed by atoms with Gasteiger partial charge in [-0.25, -0.2) is 4.98 Å². The summed E-state index contributed by atoms with van der Waals surface area (Å²) in [5, 5.41) is 16.0. The minimum absolute atomic E-state index is 0.271. The molecule has 2 amide bonds. The number of carbonyl (C=O) groups is 2. The van der Waals surface area contributed by atoms with Gasteiger partial charge in [-0.1, -0.05) is 54.2 Å². The van der Waals surface area contributed by atoms with Crippen molar-refractivity contribution in [2.45, 2.75) is 32.1 Å². The highest BCUT2D eigenvalue weighted by Crippen LogP contribution is 2.38. The van der Waals surface area contributed by atoms with Gasteiger partial charge in [0.2, 0.25) is 5.13 Å². The van der Waals surface area contributed by atoms with Crippen molar-refractivity contribution in [3.8, 4) is 10.6 Å². The van der Waals surface area contributed by atoms with Gasteiger partial charge in [0.1, 0.15) is 20.4 Å². The molecule has 0 saturated carbocycles. The molecule has 1 aromatic carbocycles. The summed E-state index contributed by atoms with van der Waals surface area (Å²) in [7, 11) is 0. The SMILES string of the molecule is O=C(Nc1c(C(=O)Nc2nnc(-c3ccccc3)s2)sc2nc3c(cc12)CCCCC3)c1ccccn1. The average Bonchev–Trinajstić information content (AvgIpc) is 3.46. The van der Waals surface area contributed by atoms with Crippen molar-refractivity contribution in [1.82, 2.24) is 20.2 Å². The van der Waals surface area contributed by atoms with Gasteiger partial charge >= 0.3 is 0 Å². The Balaban J connectivity index is 1.37. The highest BCUT2D eigenvalue weighted by molar-refractivity contribution is 7.21. The molecule has 0 atom stereocenters. The number of carbonyl (C=O) groups excluding carboxylic acids is 2. The number of pyridine rings is 2. The van der Waals surface area contributed by atoms with E-state index in [1.54, 1.807) is 24.4 Å². The van der Waals surface area contributed by atoms with E-state index < -0.39 is 0 Å². The fourth-order valence-electron chi connectivity index (χ4n) is 4.40. The topological polar surface area (TPSA) is 110 Å². The molecule has 0 radical (unpaired) electrons. The van der Waals surface area contributed by atoms with Crippen LogP contribution < -0.4 is 10.6 Å². The van der Waals surface area contributed by atoms with E-state index in [9.17, 15) is 9.59 Å². The lowest BCUT2D eigenvalue weighted by atomic mass is 10.1. The Kier molecular flexibility index (Phi) is 6.42. The molecule has 0 fully saturated rings.